The van der Waals surface area contributed by atoms with Gasteiger partial charge >= 0.3 is 0 Å². The molecule has 0 bridgehead atoms. The smallest absolute Gasteiger partial charge is 0.147 e. The van der Waals surface area contributed by atoms with Gasteiger partial charge < -0.3 is 9.64 Å². The number of hydrogen-bond donors (Lipinski definition) is 0. The first-order valence-electron chi connectivity index (χ1n) is 6.03. The molecule has 5 nitrogen and oxygen atoms in total. The highest BCUT2D eigenvalue weighted by Gasteiger charge is 2.20. The monoisotopic (exact) mass is 264 g/mol. The van der Waals surface area contributed by atoms with E-state index in [0.29, 0.717) is 6.42 Å². The molecule has 1 rings (SSSR count). The molecule has 1 atom stereocenters. The highest BCUT2D eigenvalue weighted by atomic mass is 32.2. The van der Waals surface area contributed by atoms with E-state index in [1.165, 1.54) is 6.26 Å². The Bertz CT molecular complexity index is 317. The summed E-state index contributed by atoms with van der Waals surface area (Å²) in [5, 5.41) is 0. The third-order valence-corrected chi connectivity index (χ3v) is 3.81. The van der Waals surface area contributed by atoms with E-state index in [1.807, 2.05) is 14.1 Å². The molecule has 1 aliphatic heterocycles. The summed E-state index contributed by atoms with van der Waals surface area (Å²) in [4.78, 5) is 4.41. The molecule has 1 fully saturated rings. The number of likely N-dealkylation sites (N-methyl/N-ethyl adjacent to an activating group) is 1. The highest BCUT2D eigenvalue weighted by molar-refractivity contribution is 7.90. The van der Waals surface area contributed by atoms with Crippen LogP contribution in [0, 0.1) is 0 Å². The molecule has 0 aromatic heterocycles. The molecule has 17 heavy (non-hydrogen) atoms. The minimum Gasteiger partial charge on any atom is -0.374 e. The quantitative estimate of drug-likeness (QED) is 0.658. The second-order valence-electron chi connectivity index (χ2n) is 5.04. The third-order valence-electron chi connectivity index (χ3n) is 2.78. The molecule has 1 unspecified atom stereocenters. The summed E-state index contributed by atoms with van der Waals surface area (Å²) in [6, 6.07) is 0. The van der Waals surface area contributed by atoms with Crippen LogP contribution in [0.2, 0.25) is 0 Å². The van der Waals surface area contributed by atoms with E-state index in [9.17, 15) is 8.42 Å². The van der Waals surface area contributed by atoms with Crippen LogP contribution in [-0.2, 0) is 14.6 Å². The molecule has 0 radical (unpaired) electrons. The van der Waals surface area contributed by atoms with Gasteiger partial charge in [-0.3, -0.25) is 4.90 Å². The number of hydrogen-bond acceptors (Lipinski definition) is 5. The first-order valence-corrected chi connectivity index (χ1v) is 8.09. The number of nitrogens with zero attached hydrogens (tertiary/aromatic N) is 2. The van der Waals surface area contributed by atoms with E-state index < -0.39 is 9.84 Å². The lowest BCUT2D eigenvalue weighted by Crippen LogP contribution is -2.46. The van der Waals surface area contributed by atoms with E-state index in [0.717, 1.165) is 32.8 Å². The number of morpholine rings is 1. The lowest BCUT2D eigenvalue weighted by molar-refractivity contribution is -0.0378. The summed E-state index contributed by atoms with van der Waals surface area (Å²) in [6.07, 6.45) is 2.26. The van der Waals surface area contributed by atoms with Crippen LogP contribution in [0.4, 0.5) is 0 Å². The number of rotatable bonds is 6. The second kappa shape index (κ2) is 6.68. The van der Waals surface area contributed by atoms with Gasteiger partial charge in [0.2, 0.25) is 0 Å². The fourth-order valence-corrected chi connectivity index (χ4v) is 2.71. The average molecular weight is 264 g/mol. The molecule has 102 valence electrons. The maximum absolute atomic E-state index is 11.0. The zero-order valence-corrected chi connectivity index (χ0v) is 11.9. The summed E-state index contributed by atoms with van der Waals surface area (Å²) < 4.78 is 27.7. The fourth-order valence-electron chi connectivity index (χ4n) is 2.05. The molecule has 6 heteroatoms. The zero-order chi connectivity index (χ0) is 12.9. The molecule has 0 N–H and O–H groups in total. The molecule has 1 heterocycles. The van der Waals surface area contributed by atoms with Gasteiger partial charge in [0.1, 0.15) is 9.84 Å². The predicted molar refractivity (Wildman–Crippen MR) is 69.1 cm³/mol. The van der Waals surface area contributed by atoms with Gasteiger partial charge in [0.05, 0.1) is 18.5 Å². The van der Waals surface area contributed by atoms with Gasteiger partial charge in [0, 0.05) is 25.9 Å². The van der Waals surface area contributed by atoms with Crippen LogP contribution >= 0.6 is 0 Å². The van der Waals surface area contributed by atoms with Crippen molar-refractivity contribution >= 4 is 9.84 Å². The zero-order valence-electron chi connectivity index (χ0n) is 11.1. The minimum absolute atomic E-state index is 0.247. The van der Waals surface area contributed by atoms with Gasteiger partial charge in [0.15, 0.2) is 0 Å². The molecule has 1 aliphatic rings. The second-order valence-corrected chi connectivity index (χ2v) is 7.30. The molecular formula is C11H24N2O3S. The van der Waals surface area contributed by atoms with Gasteiger partial charge in [-0.1, -0.05) is 0 Å². The summed E-state index contributed by atoms with van der Waals surface area (Å²) in [6.45, 7) is 4.33. The predicted octanol–water partition coefficient (Wildman–Crippen LogP) is -0.316. The molecule has 0 spiro atoms. The summed E-state index contributed by atoms with van der Waals surface area (Å²) in [5.41, 5.74) is 0. The lowest BCUT2D eigenvalue weighted by atomic mass is 10.2. The van der Waals surface area contributed by atoms with Crippen molar-refractivity contribution in [2.24, 2.45) is 0 Å². The Morgan fingerprint density at radius 3 is 2.71 bits per heavy atom. The van der Waals surface area contributed by atoms with E-state index in [2.05, 4.69) is 9.80 Å². The van der Waals surface area contributed by atoms with Crippen molar-refractivity contribution in [1.29, 1.82) is 0 Å². The van der Waals surface area contributed by atoms with E-state index in [4.69, 9.17) is 4.74 Å². The van der Waals surface area contributed by atoms with Gasteiger partial charge in [0.25, 0.3) is 0 Å². The largest absolute Gasteiger partial charge is 0.374 e. The Morgan fingerprint density at radius 1 is 1.41 bits per heavy atom. The maximum Gasteiger partial charge on any atom is 0.147 e. The summed E-state index contributed by atoms with van der Waals surface area (Å²) in [5.74, 6) is 0.280. The Labute approximate surface area is 105 Å². The fraction of sp³-hybridized carbons (Fsp3) is 1.00. The summed E-state index contributed by atoms with van der Waals surface area (Å²) in [7, 11) is 1.24. The van der Waals surface area contributed by atoms with Crippen molar-refractivity contribution in [1.82, 2.24) is 9.80 Å². The standard InChI is InChI=1S/C11H24N2O3S/c1-12(2)9-11-10-13(6-7-16-11)5-4-8-17(3,14)15/h11H,4-10H2,1-3H3. The molecule has 0 saturated carbocycles. The Balaban J connectivity index is 2.25. The van der Waals surface area contributed by atoms with Crippen LogP contribution in [0.5, 0.6) is 0 Å². The van der Waals surface area contributed by atoms with E-state index >= 15 is 0 Å². The van der Waals surface area contributed by atoms with Crippen molar-refractivity contribution in [2.75, 3.05) is 58.9 Å². The van der Waals surface area contributed by atoms with Gasteiger partial charge in [-0.05, 0) is 27.1 Å². The van der Waals surface area contributed by atoms with Crippen LogP contribution in [0.1, 0.15) is 6.42 Å². The Hall–Kier alpha value is -0.170. The van der Waals surface area contributed by atoms with Crippen LogP contribution in [0.25, 0.3) is 0 Å². The molecule has 0 aliphatic carbocycles. The van der Waals surface area contributed by atoms with Crippen molar-refractivity contribution in [3.05, 3.63) is 0 Å². The average Bonchev–Trinajstić information content (AvgIpc) is 2.15. The van der Waals surface area contributed by atoms with Gasteiger partial charge in [-0.25, -0.2) is 8.42 Å². The van der Waals surface area contributed by atoms with Crippen LogP contribution < -0.4 is 0 Å². The van der Waals surface area contributed by atoms with E-state index in [1.54, 1.807) is 0 Å². The first kappa shape index (κ1) is 14.9. The summed E-state index contributed by atoms with van der Waals surface area (Å²) >= 11 is 0. The van der Waals surface area contributed by atoms with E-state index in [-0.39, 0.29) is 11.9 Å². The van der Waals surface area contributed by atoms with Crippen molar-refractivity contribution < 1.29 is 13.2 Å². The molecule has 0 aromatic carbocycles. The molecule has 0 aromatic rings. The Kier molecular flexibility index (Phi) is 5.85. The maximum atomic E-state index is 11.0. The number of ether oxygens (including phenoxy) is 1. The van der Waals surface area contributed by atoms with Crippen molar-refractivity contribution in [2.45, 2.75) is 12.5 Å². The SMILES string of the molecule is CN(C)CC1CN(CCCS(C)(=O)=O)CCO1. The lowest BCUT2D eigenvalue weighted by Gasteiger charge is -2.34. The van der Waals surface area contributed by atoms with Crippen molar-refractivity contribution in [3.8, 4) is 0 Å². The normalized spacial score (nSPS) is 23.2. The van der Waals surface area contributed by atoms with Crippen molar-refractivity contribution in [3.63, 3.8) is 0 Å². The van der Waals surface area contributed by atoms with Gasteiger partial charge in [-0.2, -0.15) is 0 Å². The van der Waals surface area contributed by atoms with Crippen LogP contribution in [0.15, 0.2) is 0 Å². The molecule has 1 saturated heterocycles. The van der Waals surface area contributed by atoms with Crippen LogP contribution in [-0.4, -0.2) is 83.2 Å². The highest BCUT2D eigenvalue weighted by Crippen LogP contribution is 2.07. The third kappa shape index (κ3) is 6.98. The molecular weight excluding hydrogens is 240 g/mol. The van der Waals surface area contributed by atoms with Crippen LogP contribution in [0.3, 0.4) is 0 Å². The minimum atomic E-state index is -2.82. The van der Waals surface area contributed by atoms with Gasteiger partial charge in [-0.15, -0.1) is 0 Å². The topological polar surface area (TPSA) is 49.9 Å². The number of sulfone groups is 1. The molecule has 0 amide bonds. The Morgan fingerprint density at radius 2 is 2.12 bits per heavy atom. The first-order chi connectivity index (χ1) is 7.87.